The molecule has 0 saturated carbocycles. The maximum atomic E-state index is 13.4. The number of halogens is 2. The number of rotatable bonds is 11. The van der Waals surface area contributed by atoms with Crippen molar-refractivity contribution in [1.29, 1.82) is 0 Å². The molecule has 1 aliphatic rings. The number of carboxylic acids is 1. The van der Waals surface area contributed by atoms with Crippen LogP contribution in [0.3, 0.4) is 0 Å². The number of carboxylic acid groups (broad SMARTS) is 1. The molecule has 13 nitrogen and oxygen atoms in total. The van der Waals surface area contributed by atoms with E-state index in [1.807, 2.05) is 13.8 Å². The molecule has 2 aromatic rings. The predicted octanol–water partition coefficient (Wildman–Crippen LogP) is 2.20. The summed E-state index contributed by atoms with van der Waals surface area (Å²) in [5.41, 5.74) is -0.550. The van der Waals surface area contributed by atoms with Crippen LogP contribution < -0.4 is 10.6 Å². The number of amides is 3. The van der Waals surface area contributed by atoms with Crippen LogP contribution >= 0.6 is 35.0 Å². The van der Waals surface area contributed by atoms with Crippen molar-refractivity contribution >= 4 is 64.4 Å². The van der Waals surface area contributed by atoms with E-state index in [9.17, 15) is 29.1 Å². The van der Waals surface area contributed by atoms with Gasteiger partial charge in [0.05, 0.1) is 27.4 Å². The molecule has 0 radical (unpaired) electrons. The van der Waals surface area contributed by atoms with Gasteiger partial charge in [-0.25, -0.2) is 4.68 Å². The molecule has 1 aromatic heterocycles. The molecular formula is C25H31Cl2N7O6S. The Balaban J connectivity index is 1.76. The maximum Gasteiger partial charge on any atom is 0.305 e. The minimum Gasteiger partial charge on any atom is -0.481 e. The van der Waals surface area contributed by atoms with E-state index in [2.05, 4.69) is 26.2 Å². The number of likely N-dealkylation sites (tertiary alicyclic amines) is 1. The first-order valence-corrected chi connectivity index (χ1v) is 14.3. The Hall–Kier alpha value is -3.23. The number of carbonyl (C=O) groups is 5. The van der Waals surface area contributed by atoms with Crippen molar-refractivity contribution in [2.24, 2.45) is 5.41 Å². The Morgan fingerprint density at radius 3 is 2.49 bits per heavy atom. The van der Waals surface area contributed by atoms with Crippen molar-refractivity contribution in [1.82, 2.24) is 35.7 Å². The van der Waals surface area contributed by atoms with Crippen LogP contribution in [-0.2, 0) is 30.5 Å². The van der Waals surface area contributed by atoms with Gasteiger partial charge in [0.25, 0.3) is 0 Å². The molecular weight excluding hydrogens is 597 g/mol. The van der Waals surface area contributed by atoms with Crippen LogP contribution in [0.5, 0.6) is 0 Å². The van der Waals surface area contributed by atoms with Gasteiger partial charge in [-0.3, -0.25) is 24.0 Å². The van der Waals surface area contributed by atoms with Crippen LogP contribution in [0, 0.1) is 5.41 Å². The molecule has 16 heteroatoms. The van der Waals surface area contributed by atoms with Crippen molar-refractivity contribution in [3.63, 3.8) is 0 Å². The zero-order valence-electron chi connectivity index (χ0n) is 22.9. The number of nitrogens with zero attached hydrogens (tertiary/aromatic N) is 5. The molecule has 3 N–H and O–H groups in total. The topological polar surface area (TPSA) is 176 Å². The number of benzene rings is 1. The van der Waals surface area contributed by atoms with Crippen LogP contribution in [0.1, 0.15) is 47.0 Å². The van der Waals surface area contributed by atoms with Crippen molar-refractivity contribution in [3.8, 4) is 0 Å². The summed E-state index contributed by atoms with van der Waals surface area (Å²) < 4.78 is 1.15. The van der Waals surface area contributed by atoms with E-state index in [1.165, 1.54) is 18.7 Å². The minimum absolute atomic E-state index is 0.170. The Kier molecular flexibility index (Phi) is 10.7. The fourth-order valence-electron chi connectivity index (χ4n) is 4.46. The molecule has 1 fully saturated rings. The molecule has 3 amide bonds. The average molecular weight is 629 g/mol. The van der Waals surface area contributed by atoms with Gasteiger partial charge in [0, 0.05) is 13.5 Å². The summed E-state index contributed by atoms with van der Waals surface area (Å²) in [7, 11) is 0. The Morgan fingerprint density at radius 2 is 1.88 bits per heavy atom. The van der Waals surface area contributed by atoms with Gasteiger partial charge < -0.3 is 20.6 Å². The van der Waals surface area contributed by atoms with Crippen molar-refractivity contribution < 1.29 is 29.1 Å². The van der Waals surface area contributed by atoms with Gasteiger partial charge >= 0.3 is 5.97 Å². The lowest BCUT2D eigenvalue weighted by Crippen LogP contribution is -2.58. The van der Waals surface area contributed by atoms with E-state index >= 15 is 0 Å². The third kappa shape index (κ3) is 8.17. The summed E-state index contributed by atoms with van der Waals surface area (Å²) in [6.45, 7) is 6.33. The number of carbonyl (C=O) groups excluding carboxylic acids is 4. The number of hydrogen-bond acceptors (Lipinski definition) is 9. The van der Waals surface area contributed by atoms with Gasteiger partial charge in [-0.15, -0.1) is 5.10 Å². The molecule has 1 aliphatic heterocycles. The highest BCUT2D eigenvalue weighted by Gasteiger charge is 2.43. The number of aliphatic carboxylic acids is 1. The normalized spacial score (nSPS) is 18.2. The SMILES string of the molecule is CC(=O)NC1C(=O)N(C(C)C(=O)NC(CC(=O)O)C(=O)Cn2nnnc2Sc2c(Cl)cccc2Cl)CCCC1(C)C. The van der Waals surface area contributed by atoms with E-state index in [1.54, 1.807) is 18.2 Å². The lowest BCUT2D eigenvalue weighted by atomic mass is 9.80. The molecule has 222 valence electrons. The van der Waals surface area contributed by atoms with Gasteiger partial charge in [0.1, 0.15) is 18.6 Å². The number of Topliss-reactive ketones (excluding diaryl/α,β-unsaturated/α-hetero) is 1. The summed E-state index contributed by atoms with van der Waals surface area (Å²) in [4.78, 5) is 65.1. The van der Waals surface area contributed by atoms with Crippen LogP contribution in [0.25, 0.3) is 0 Å². The second-order valence-corrected chi connectivity index (χ2v) is 12.1. The lowest BCUT2D eigenvalue weighted by molar-refractivity contribution is -0.145. The molecule has 2 heterocycles. The fourth-order valence-corrected chi connectivity index (χ4v) is 5.88. The zero-order valence-corrected chi connectivity index (χ0v) is 25.2. The van der Waals surface area contributed by atoms with E-state index in [0.29, 0.717) is 27.8 Å². The highest BCUT2D eigenvalue weighted by atomic mass is 35.5. The number of ketones is 1. The average Bonchev–Trinajstić information content (AvgIpc) is 3.27. The van der Waals surface area contributed by atoms with Crippen LogP contribution in [0.15, 0.2) is 28.3 Å². The van der Waals surface area contributed by atoms with Crippen LogP contribution in [-0.4, -0.2) is 84.4 Å². The Labute approximate surface area is 250 Å². The highest BCUT2D eigenvalue weighted by molar-refractivity contribution is 7.99. The summed E-state index contributed by atoms with van der Waals surface area (Å²) >= 11 is 13.5. The monoisotopic (exact) mass is 627 g/mol. The molecule has 1 saturated heterocycles. The second-order valence-electron chi connectivity index (χ2n) is 10.3. The summed E-state index contributed by atoms with van der Waals surface area (Å²) in [6.07, 6.45) is 0.507. The largest absolute Gasteiger partial charge is 0.481 e. The predicted molar refractivity (Wildman–Crippen MR) is 149 cm³/mol. The first kappa shape index (κ1) is 32.3. The Bertz CT molecular complexity index is 1320. The molecule has 1 aromatic carbocycles. The number of hydrogen-bond donors (Lipinski definition) is 3. The number of tetrazole rings is 1. The highest BCUT2D eigenvalue weighted by Crippen LogP contribution is 2.37. The molecule has 0 aliphatic carbocycles. The first-order valence-electron chi connectivity index (χ1n) is 12.7. The van der Waals surface area contributed by atoms with E-state index in [-0.39, 0.29) is 17.6 Å². The molecule has 3 atom stereocenters. The summed E-state index contributed by atoms with van der Waals surface area (Å²) in [5, 5.41) is 26.8. The van der Waals surface area contributed by atoms with Gasteiger partial charge in [-0.1, -0.05) is 43.1 Å². The molecule has 3 unspecified atom stereocenters. The summed E-state index contributed by atoms with van der Waals surface area (Å²) in [5.74, 6) is -3.51. The molecule has 0 spiro atoms. The maximum absolute atomic E-state index is 13.4. The quantitative estimate of drug-likeness (QED) is 0.334. The second kappa shape index (κ2) is 13.6. The van der Waals surface area contributed by atoms with Crippen molar-refractivity contribution in [2.45, 2.75) is 81.7 Å². The molecule has 0 bridgehead atoms. The molecule has 3 rings (SSSR count). The van der Waals surface area contributed by atoms with Crippen molar-refractivity contribution in [2.75, 3.05) is 6.54 Å². The van der Waals surface area contributed by atoms with Gasteiger partial charge in [0.2, 0.25) is 22.9 Å². The number of aromatic nitrogens is 4. The summed E-state index contributed by atoms with van der Waals surface area (Å²) in [6, 6.07) is 1.60. The third-order valence-corrected chi connectivity index (χ3v) is 8.70. The lowest BCUT2D eigenvalue weighted by Gasteiger charge is -2.35. The smallest absolute Gasteiger partial charge is 0.305 e. The zero-order chi connectivity index (χ0) is 30.5. The van der Waals surface area contributed by atoms with Crippen LogP contribution in [0.2, 0.25) is 10.0 Å². The van der Waals surface area contributed by atoms with E-state index in [4.69, 9.17) is 23.2 Å². The van der Waals surface area contributed by atoms with Crippen molar-refractivity contribution in [3.05, 3.63) is 28.2 Å². The third-order valence-electron chi connectivity index (χ3n) is 6.73. The minimum atomic E-state index is -1.43. The fraction of sp³-hybridized carbons (Fsp3) is 0.520. The van der Waals surface area contributed by atoms with Crippen LogP contribution in [0.4, 0.5) is 0 Å². The number of nitrogens with one attached hydrogen (secondary N) is 2. The van der Waals surface area contributed by atoms with Gasteiger partial charge in [0.15, 0.2) is 5.78 Å². The standard InChI is InChI=1S/C25H31Cl2N7O6S/c1-13(33-10-6-9-25(3,4)21(23(33)40)28-14(2)35)22(39)29-17(11-19(37)38)18(36)12-34-24(30-31-32-34)41-20-15(26)7-5-8-16(20)27/h5,7-8,13,17,21H,6,9-12H2,1-4H3,(H,28,35)(H,29,39)(H,37,38). The first-order chi connectivity index (χ1) is 19.2. The van der Waals surface area contributed by atoms with E-state index < -0.39 is 60.1 Å². The van der Waals surface area contributed by atoms with E-state index in [0.717, 1.165) is 16.4 Å². The van der Waals surface area contributed by atoms with Gasteiger partial charge in [-0.05, 0) is 59.5 Å². The molecule has 41 heavy (non-hydrogen) atoms. The van der Waals surface area contributed by atoms with Gasteiger partial charge in [-0.2, -0.15) is 0 Å². The Morgan fingerprint density at radius 1 is 1.22 bits per heavy atom.